The summed E-state index contributed by atoms with van der Waals surface area (Å²) in [7, 11) is 0. The largest absolute Gasteiger partial charge is 0.379 e. The summed E-state index contributed by atoms with van der Waals surface area (Å²) in [6.45, 7) is 12.9. The van der Waals surface area contributed by atoms with E-state index in [0.717, 1.165) is 44.8 Å². The number of benzene rings is 1. The van der Waals surface area contributed by atoms with Gasteiger partial charge >= 0.3 is 0 Å². The number of hydrogen-bond acceptors (Lipinski definition) is 6. The molecule has 9 heteroatoms. The van der Waals surface area contributed by atoms with Gasteiger partial charge in [-0.3, -0.25) is 19.3 Å². The Morgan fingerprint density at radius 2 is 1.91 bits per heavy atom. The Labute approximate surface area is 212 Å². The molecule has 3 heterocycles. The normalized spacial score (nSPS) is 24.3. The van der Waals surface area contributed by atoms with Crippen molar-refractivity contribution >= 4 is 29.5 Å². The summed E-state index contributed by atoms with van der Waals surface area (Å²) < 4.78 is 4.90. The van der Waals surface area contributed by atoms with Crippen molar-refractivity contribution in [3.05, 3.63) is 35.4 Å². The summed E-state index contributed by atoms with van der Waals surface area (Å²) in [6, 6.07) is 6.29. The molecule has 3 amide bonds. The molecule has 0 saturated carbocycles. The molecule has 1 aromatic carbocycles. The lowest BCUT2D eigenvalue weighted by Crippen LogP contribution is -2.57. The lowest BCUT2D eigenvalue weighted by Gasteiger charge is -2.31. The van der Waals surface area contributed by atoms with Crippen LogP contribution in [0.1, 0.15) is 61.8 Å². The zero-order valence-corrected chi connectivity index (χ0v) is 22.0. The molecule has 0 aromatic heterocycles. The first-order valence-electron chi connectivity index (χ1n) is 12.7. The fourth-order valence-electron chi connectivity index (χ4n) is 5.22. The van der Waals surface area contributed by atoms with Crippen LogP contribution in [0.3, 0.4) is 0 Å². The van der Waals surface area contributed by atoms with Crippen molar-refractivity contribution in [1.82, 2.24) is 20.4 Å². The molecule has 0 aliphatic carbocycles. The second-order valence-electron chi connectivity index (χ2n) is 10.6. The summed E-state index contributed by atoms with van der Waals surface area (Å²) in [5, 5.41) is 5.85. The van der Waals surface area contributed by atoms with E-state index < -0.39 is 16.8 Å². The van der Waals surface area contributed by atoms with Crippen LogP contribution in [0.5, 0.6) is 0 Å². The van der Waals surface area contributed by atoms with Gasteiger partial charge in [0.1, 0.15) is 17.5 Å². The predicted octanol–water partition coefficient (Wildman–Crippen LogP) is 2.40. The molecular formula is C26H38N4O4S. The lowest BCUT2D eigenvalue weighted by molar-refractivity contribution is -0.132. The first-order chi connectivity index (χ1) is 16.7. The van der Waals surface area contributed by atoms with Gasteiger partial charge in [0.2, 0.25) is 11.8 Å². The highest BCUT2D eigenvalue weighted by Crippen LogP contribution is 2.56. The van der Waals surface area contributed by atoms with E-state index in [2.05, 4.69) is 15.5 Å². The van der Waals surface area contributed by atoms with Crippen LogP contribution in [-0.4, -0.2) is 83.7 Å². The van der Waals surface area contributed by atoms with E-state index in [1.165, 1.54) is 0 Å². The Bertz CT molecular complexity index is 947. The van der Waals surface area contributed by atoms with Crippen LogP contribution >= 0.6 is 11.8 Å². The zero-order valence-electron chi connectivity index (χ0n) is 21.2. The average molecular weight is 503 g/mol. The Balaban J connectivity index is 1.39. The number of nitrogens with zero attached hydrogens (tertiary/aromatic N) is 2. The number of ether oxygens (including phenoxy) is 1. The van der Waals surface area contributed by atoms with E-state index in [1.54, 1.807) is 16.7 Å². The van der Waals surface area contributed by atoms with Gasteiger partial charge in [0.05, 0.1) is 13.2 Å². The first-order valence-corrected chi connectivity index (χ1v) is 13.5. The Morgan fingerprint density at radius 3 is 2.63 bits per heavy atom. The van der Waals surface area contributed by atoms with E-state index in [4.69, 9.17) is 4.74 Å². The third kappa shape index (κ3) is 5.67. The summed E-state index contributed by atoms with van der Waals surface area (Å²) in [4.78, 5) is 44.0. The van der Waals surface area contributed by atoms with Crippen molar-refractivity contribution in [1.29, 1.82) is 0 Å². The molecule has 2 saturated heterocycles. The van der Waals surface area contributed by atoms with E-state index in [0.29, 0.717) is 18.5 Å². The molecule has 192 valence electrons. The minimum atomic E-state index is -0.652. The van der Waals surface area contributed by atoms with Crippen molar-refractivity contribution in [2.45, 2.75) is 62.7 Å². The molecule has 4 rings (SSSR count). The molecule has 2 fully saturated rings. The molecule has 3 aliphatic heterocycles. The summed E-state index contributed by atoms with van der Waals surface area (Å²) >= 11 is 1.63. The monoisotopic (exact) mass is 502 g/mol. The molecule has 3 aliphatic rings. The number of hydrogen-bond donors (Lipinski definition) is 2. The van der Waals surface area contributed by atoms with Crippen LogP contribution in [0.15, 0.2) is 24.3 Å². The fourth-order valence-corrected chi connectivity index (χ4v) is 6.81. The molecule has 1 aromatic rings. The molecule has 8 nitrogen and oxygen atoms in total. The molecule has 0 bridgehead atoms. The van der Waals surface area contributed by atoms with Gasteiger partial charge < -0.3 is 20.3 Å². The number of nitrogens with one attached hydrogen (secondary N) is 2. The van der Waals surface area contributed by atoms with Crippen LogP contribution in [0, 0.1) is 5.92 Å². The molecule has 0 unspecified atom stereocenters. The van der Waals surface area contributed by atoms with Crippen molar-refractivity contribution in [3.63, 3.8) is 0 Å². The van der Waals surface area contributed by atoms with Crippen molar-refractivity contribution in [2.75, 3.05) is 39.4 Å². The molecule has 0 radical (unpaired) electrons. The van der Waals surface area contributed by atoms with Crippen molar-refractivity contribution in [3.8, 4) is 0 Å². The second kappa shape index (κ2) is 10.9. The average Bonchev–Trinajstić information content (AvgIpc) is 3.25. The van der Waals surface area contributed by atoms with Crippen molar-refractivity contribution in [2.24, 2.45) is 5.92 Å². The standard InChI is InChI=1S/C26H38N4O4S/c1-17(2)16-20(22(31)27-10-7-11-29-12-14-34-15-13-29)28-23(32)21-26(3,4)35-25-19-9-6-5-8-18(19)24(33)30(21)25/h5-6,8-9,17,20-21,25H,7,10-16H2,1-4H3,(H,27,31)(H,28,32)/t20-,21+,25+/m0/s1. The van der Waals surface area contributed by atoms with Crippen LogP contribution in [0.2, 0.25) is 0 Å². The molecule has 2 N–H and O–H groups in total. The highest BCUT2D eigenvalue weighted by molar-refractivity contribution is 8.01. The van der Waals surface area contributed by atoms with Crippen LogP contribution < -0.4 is 10.6 Å². The van der Waals surface area contributed by atoms with Gasteiger partial charge in [-0.25, -0.2) is 0 Å². The van der Waals surface area contributed by atoms with Gasteiger partial charge in [-0.05, 0) is 50.8 Å². The van der Waals surface area contributed by atoms with E-state index in [-0.39, 0.29) is 29.0 Å². The zero-order chi connectivity index (χ0) is 25.2. The maximum absolute atomic E-state index is 13.6. The van der Waals surface area contributed by atoms with Gasteiger partial charge in [-0.1, -0.05) is 32.0 Å². The maximum atomic E-state index is 13.6. The second-order valence-corrected chi connectivity index (χ2v) is 12.3. The van der Waals surface area contributed by atoms with E-state index in [1.807, 2.05) is 52.0 Å². The summed E-state index contributed by atoms with van der Waals surface area (Å²) in [5.74, 6) is -0.307. The first kappa shape index (κ1) is 26.0. The Hall–Kier alpha value is -2.10. The predicted molar refractivity (Wildman–Crippen MR) is 137 cm³/mol. The molecule has 35 heavy (non-hydrogen) atoms. The minimum Gasteiger partial charge on any atom is -0.379 e. The lowest BCUT2D eigenvalue weighted by atomic mass is 9.98. The van der Waals surface area contributed by atoms with Gasteiger partial charge in [0.25, 0.3) is 5.91 Å². The number of fused-ring (bicyclic) bond motifs is 3. The summed E-state index contributed by atoms with van der Waals surface area (Å²) in [5.41, 5.74) is 1.62. The number of rotatable bonds is 9. The molecular weight excluding hydrogens is 464 g/mol. The number of carbonyl (C=O) groups excluding carboxylic acids is 3. The maximum Gasteiger partial charge on any atom is 0.256 e. The number of amides is 3. The molecule has 3 atom stereocenters. The van der Waals surface area contributed by atoms with Gasteiger partial charge in [0.15, 0.2) is 0 Å². The van der Waals surface area contributed by atoms with Crippen LogP contribution in [0.25, 0.3) is 0 Å². The highest BCUT2D eigenvalue weighted by Gasteiger charge is 2.57. The van der Waals surface area contributed by atoms with Crippen LogP contribution in [0.4, 0.5) is 0 Å². The van der Waals surface area contributed by atoms with E-state index in [9.17, 15) is 14.4 Å². The van der Waals surface area contributed by atoms with Gasteiger partial charge in [-0.15, -0.1) is 11.8 Å². The van der Waals surface area contributed by atoms with E-state index >= 15 is 0 Å². The minimum absolute atomic E-state index is 0.114. The third-order valence-electron chi connectivity index (χ3n) is 6.94. The van der Waals surface area contributed by atoms with Gasteiger partial charge in [-0.2, -0.15) is 0 Å². The SMILES string of the molecule is CC(C)C[C@H](NC(=O)[C@H]1N2C(=O)c3ccccc3[C@H]2SC1(C)C)C(=O)NCCCN1CCOCC1. The quantitative estimate of drug-likeness (QED) is 0.504. The van der Waals surface area contributed by atoms with Gasteiger partial charge in [0, 0.05) is 29.9 Å². The third-order valence-corrected chi connectivity index (χ3v) is 8.47. The number of morpholine rings is 1. The smallest absolute Gasteiger partial charge is 0.256 e. The van der Waals surface area contributed by atoms with Crippen molar-refractivity contribution < 1.29 is 19.1 Å². The summed E-state index contributed by atoms with van der Waals surface area (Å²) in [6.07, 6.45) is 1.39. The fraction of sp³-hybridized carbons (Fsp3) is 0.654. The Kier molecular flexibility index (Phi) is 8.08. The number of thioether (sulfide) groups is 1. The number of carbonyl (C=O) groups is 3. The topological polar surface area (TPSA) is 91.0 Å². The molecule has 0 spiro atoms. The Morgan fingerprint density at radius 1 is 1.20 bits per heavy atom. The van der Waals surface area contributed by atoms with Crippen LogP contribution in [-0.2, 0) is 14.3 Å². The highest BCUT2D eigenvalue weighted by atomic mass is 32.2.